The molecule has 2 saturated heterocycles. The molecule has 4 saturated carbocycles. The van der Waals surface area contributed by atoms with Crippen LogP contribution in [-0.2, 0) is 4.74 Å². The van der Waals surface area contributed by atoms with Crippen molar-refractivity contribution in [1.82, 2.24) is 4.90 Å². The third-order valence-electron chi connectivity index (χ3n) is 9.95. The predicted molar refractivity (Wildman–Crippen MR) is 96.8 cm³/mol. The van der Waals surface area contributed by atoms with Gasteiger partial charge >= 0.3 is 0 Å². The SMILES string of the molecule is C=C1[C@@H]2CC[C@@H]3[C@@](CC[C@@H]4[C@@]5(C)CCC[C@]43[C@@H]3OCCN3C5)(C2)[C@@H]1O. The second kappa shape index (κ2) is 4.72. The van der Waals surface area contributed by atoms with Crippen LogP contribution in [0.25, 0.3) is 0 Å². The number of hydrogen-bond acceptors (Lipinski definition) is 3. The molecule has 4 aliphatic carbocycles. The second-order valence-electron chi connectivity index (χ2n) is 10.6. The molecule has 6 aliphatic rings. The van der Waals surface area contributed by atoms with Crippen LogP contribution in [0.15, 0.2) is 12.2 Å². The molecule has 0 aromatic heterocycles. The molecule has 0 aromatic rings. The van der Waals surface area contributed by atoms with Crippen molar-refractivity contribution < 1.29 is 9.84 Å². The summed E-state index contributed by atoms with van der Waals surface area (Å²) in [6.07, 6.45) is 10.4. The van der Waals surface area contributed by atoms with Gasteiger partial charge in [0.1, 0.15) is 6.23 Å². The summed E-state index contributed by atoms with van der Waals surface area (Å²) < 4.78 is 6.48. The largest absolute Gasteiger partial charge is 0.388 e. The van der Waals surface area contributed by atoms with E-state index in [0.29, 0.717) is 23.5 Å². The normalized spacial score (nSPS) is 60.1. The first-order chi connectivity index (χ1) is 12.0. The van der Waals surface area contributed by atoms with Gasteiger partial charge in [-0.25, -0.2) is 0 Å². The minimum atomic E-state index is -0.259. The standard InChI is InChI=1S/C22H33NO2/c1-14-15-4-5-17-21(12-15,18(14)24)9-6-16-20(2)7-3-8-22(16,17)19-23(13-20)10-11-25-19/h15-19,24H,1,3-13H2,2H3/t15-,16-,17-,18-,19+,20+,21-,22+/m1/s1. The topological polar surface area (TPSA) is 32.7 Å². The third kappa shape index (κ3) is 1.62. The summed E-state index contributed by atoms with van der Waals surface area (Å²) in [6, 6.07) is 0. The zero-order chi connectivity index (χ0) is 17.0. The fraction of sp³-hybridized carbons (Fsp3) is 0.909. The molecule has 8 atom stereocenters. The maximum atomic E-state index is 11.3. The number of nitrogens with zero attached hydrogens (tertiary/aromatic N) is 1. The van der Waals surface area contributed by atoms with Gasteiger partial charge < -0.3 is 9.84 Å². The van der Waals surface area contributed by atoms with Crippen LogP contribution in [0.3, 0.4) is 0 Å². The lowest BCUT2D eigenvalue weighted by molar-refractivity contribution is -0.276. The zero-order valence-corrected chi connectivity index (χ0v) is 15.7. The number of aliphatic hydroxyl groups excluding tert-OH is 1. The molecule has 0 unspecified atom stereocenters. The number of ether oxygens (including phenoxy) is 1. The van der Waals surface area contributed by atoms with Gasteiger partial charge in [0.2, 0.25) is 0 Å². The van der Waals surface area contributed by atoms with E-state index in [1.54, 1.807) is 0 Å². The van der Waals surface area contributed by atoms with E-state index in [0.717, 1.165) is 24.6 Å². The van der Waals surface area contributed by atoms with Gasteiger partial charge in [-0.1, -0.05) is 19.9 Å². The van der Waals surface area contributed by atoms with Gasteiger partial charge in [-0.15, -0.1) is 0 Å². The Morgan fingerprint density at radius 2 is 2.04 bits per heavy atom. The predicted octanol–water partition coefficient (Wildman–Crippen LogP) is 3.58. The first kappa shape index (κ1) is 15.7. The third-order valence-corrected chi connectivity index (χ3v) is 9.95. The van der Waals surface area contributed by atoms with Crippen molar-refractivity contribution in [2.75, 3.05) is 19.7 Å². The molecule has 2 aliphatic heterocycles. The van der Waals surface area contributed by atoms with Crippen molar-refractivity contribution in [3.8, 4) is 0 Å². The Kier molecular flexibility index (Phi) is 2.95. The lowest BCUT2D eigenvalue weighted by Crippen LogP contribution is -2.71. The van der Waals surface area contributed by atoms with Crippen molar-refractivity contribution >= 4 is 0 Å². The molecule has 25 heavy (non-hydrogen) atoms. The van der Waals surface area contributed by atoms with Crippen molar-refractivity contribution in [1.29, 1.82) is 0 Å². The van der Waals surface area contributed by atoms with E-state index in [9.17, 15) is 5.11 Å². The van der Waals surface area contributed by atoms with Gasteiger partial charge in [-0.3, -0.25) is 4.90 Å². The van der Waals surface area contributed by atoms with Crippen LogP contribution in [0.1, 0.15) is 58.3 Å². The average Bonchev–Trinajstić information content (AvgIpc) is 3.12. The lowest BCUT2D eigenvalue weighted by Gasteiger charge is -2.70. The van der Waals surface area contributed by atoms with Gasteiger partial charge in [0.25, 0.3) is 0 Å². The summed E-state index contributed by atoms with van der Waals surface area (Å²) in [7, 11) is 0. The molecule has 1 spiro atoms. The van der Waals surface area contributed by atoms with E-state index in [-0.39, 0.29) is 16.9 Å². The van der Waals surface area contributed by atoms with Crippen LogP contribution in [0, 0.1) is 34.0 Å². The fourth-order valence-electron chi connectivity index (χ4n) is 9.31. The number of piperidine rings is 1. The molecule has 4 bridgehead atoms. The quantitative estimate of drug-likeness (QED) is 0.683. The van der Waals surface area contributed by atoms with Gasteiger partial charge in [-0.05, 0) is 73.7 Å². The summed E-state index contributed by atoms with van der Waals surface area (Å²) in [5.41, 5.74) is 2.03. The van der Waals surface area contributed by atoms with Gasteiger partial charge in [-0.2, -0.15) is 0 Å². The molecular formula is C22H33NO2. The highest BCUT2D eigenvalue weighted by atomic mass is 16.5. The zero-order valence-electron chi connectivity index (χ0n) is 15.7. The van der Waals surface area contributed by atoms with Crippen molar-refractivity contribution in [2.45, 2.75) is 70.6 Å². The van der Waals surface area contributed by atoms with Crippen molar-refractivity contribution in [3.63, 3.8) is 0 Å². The number of hydrogen-bond donors (Lipinski definition) is 1. The average molecular weight is 344 g/mol. The Hall–Kier alpha value is -0.380. The molecular weight excluding hydrogens is 310 g/mol. The highest BCUT2D eigenvalue weighted by Gasteiger charge is 2.73. The van der Waals surface area contributed by atoms with Crippen LogP contribution in [0.2, 0.25) is 0 Å². The molecule has 0 radical (unpaired) electrons. The second-order valence-corrected chi connectivity index (χ2v) is 10.6. The molecule has 6 rings (SSSR count). The molecule has 0 amide bonds. The van der Waals surface area contributed by atoms with Crippen molar-refractivity contribution in [3.05, 3.63) is 12.2 Å². The Morgan fingerprint density at radius 1 is 1.16 bits per heavy atom. The first-order valence-corrected chi connectivity index (χ1v) is 10.7. The first-order valence-electron chi connectivity index (χ1n) is 10.7. The van der Waals surface area contributed by atoms with Crippen molar-refractivity contribution in [2.24, 2.45) is 34.0 Å². The van der Waals surface area contributed by atoms with E-state index < -0.39 is 0 Å². The van der Waals surface area contributed by atoms with Gasteiger partial charge in [0, 0.05) is 23.9 Å². The Bertz CT molecular complexity index is 634. The van der Waals surface area contributed by atoms with Gasteiger partial charge in [0.05, 0.1) is 12.7 Å². The Labute approximate surface area is 151 Å². The molecule has 3 heteroatoms. The van der Waals surface area contributed by atoms with Crippen LogP contribution in [0.5, 0.6) is 0 Å². The lowest BCUT2D eigenvalue weighted by atomic mass is 9.38. The van der Waals surface area contributed by atoms with E-state index in [1.807, 2.05) is 0 Å². The fourth-order valence-corrected chi connectivity index (χ4v) is 9.31. The van der Waals surface area contributed by atoms with E-state index in [4.69, 9.17) is 4.74 Å². The summed E-state index contributed by atoms with van der Waals surface area (Å²) in [5.74, 6) is 2.01. The van der Waals surface area contributed by atoms with Crippen LogP contribution < -0.4 is 0 Å². The summed E-state index contributed by atoms with van der Waals surface area (Å²) in [5, 5.41) is 11.3. The highest BCUT2D eigenvalue weighted by molar-refractivity contribution is 5.29. The molecule has 1 N–H and O–H groups in total. The van der Waals surface area contributed by atoms with E-state index in [2.05, 4.69) is 18.4 Å². The Balaban J connectivity index is 1.53. The summed E-state index contributed by atoms with van der Waals surface area (Å²) in [4.78, 5) is 2.69. The Morgan fingerprint density at radius 3 is 2.92 bits per heavy atom. The summed E-state index contributed by atoms with van der Waals surface area (Å²) in [6.45, 7) is 10.2. The van der Waals surface area contributed by atoms with E-state index >= 15 is 0 Å². The number of rotatable bonds is 0. The van der Waals surface area contributed by atoms with Gasteiger partial charge in [0.15, 0.2) is 0 Å². The molecule has 6 fully saturated rings. The minimum Gasteiger partial charge on any atom is -0.388 e. The van der Waals surface area contributed by atoms with Crippen LogP contribution in [0.4, 0.5) is 0 Å². The number of fused-ring (bicyclic) bond motifs is 2. The summed E-state index contributed by atoms with van der Waals surface area (Å²) >= 11 is 0. The molecule has 0 aromatic carbocycles. The maximum absolute atomic E-state index is 11.3. The number of aliphatic hydroxyl groups is 1. The minimum absolute atomic E-state index is 0.115. The monoisotopic (exact) mass is 343 g/mol. The highest BCUT2D eigenvalue weighted by Crippen LogP contribution is 2.75. The molecule has 3 nitrogen and oxygen atoms in total. The molecule has 2 heterocycles. The van der Waals surface area contributed by atoms with E-state index in [1.165, 1.54) is 57.9 Å². The van der Waals surface area contributed by atoms with Crippen LogP contribution in [-0.4, -0.2) is 42.0 Å². The molecule has 138 valence electrons. The maximum Gasteiger partial charge on any atom is 0.117 e. The smallest absolute Gasteiger partial charge is 0.117 e. The van der Waals surface area contributed by atoms with Crippen LogP contribution >= 0.6 is 0 Å².